The van der Waals surface area contributed by atoms with Crippen LogP contribution in [-0.4, -0.2) is 35.2 Å². The van der Waals surface area contributed by atoms with Crippen molar-refractivity contribution in [2.45, 2.75) is 0 Å². The summed E-state index contributed by atoms with van der Waals surface area (Å²) in [5.41, 5.74) is -1.57. The van der Waals surface area contributed by atoms with Gasteiger partial charge in [-0.05, 0) is 48.5 Å². The predicted octanol–water partition coefficient (Wildman–Crippen LogP) is 1.40. The molecule has 8 nitrogen and oxygen atoms in total. The number of benzene rings is 2. The molecule has 0 aliphatic heterocycles. The molecule has 0 saturated carbocycles. The van der Waals surface area contributed by atoms with E-state index in [0.717, 1.165) is 12.3 Å². The van der Waals surface area contributed by atoms with E-state index >= 15 is 0 Å². The third-order valence-corrected chi connectivity index (χ3v) is 4.08. The first kappa shape index (κ1) is 18.8. The largest absolute Gasteiger partial charge is 0.497 e. The van der Waals surface area contributed by atoms with Gasteiger partial charge in [0, 0.05) is 23.4 Å². The molecule has 0 aliphatic carbocycles. The summed E-state index contributed by atoms with van der Waals surface area (Å²) >= 11 is 0. The maximum absolute atomic E-state index is 12.7. The molecular weight excluding hydrogens is 364 g/mol. The number of hydrogen-bond donors (Lipinski definition) is 0. The highest BCUT2D eigenvalue weighted by atomic mass is 16.5. The minimum Gasteiger partial charge on any atom is -0.497 e. The fraction of sp³-hybridized carbons (Fsp3) is 0.100. The Hall–Kier alpha value is -3.94. The molecule has 0 fully saturated rings. The average Bonchev–Trinajstić information content (AvgIpc) is 2.73. The molecule has 1 heterocycles. The molecule has 28 heavy (non-hydrogen) atoms. The van der Waals surface area contributed by atoms with Crippen LogP contribution in [-0.2, 0) is 0 Å². The SMILES string of the molecule is COc1ccc(C(=O)n2ccc(=O)n(C(=O)c3ccc(OC)cc3)c2=O)cc1. The number of methoxy groups -OCH3 is 2. The summed E-state index contributed by atoms with van der Waals surface area (Å²) in [7, 11) is 2.96. The van der Waals surface area contributed by atoms with E-state index in [-0.39, 0.29) is 11.1 Å². The second kappa shape index (κ2) is 7.75. The Morgan fingerprint density at radius 2 is 1.18 bits per heavy atom. The van der Waals surface area contributed by atoms with E-state index in [0.29, 0.717) is 20.6 Å². The first-order valence-electron chi connectivity index (χ1n) is 8.18. The van der Waals surface area contributed by atoms with Crippen LogP contribution in [0.5, 0.6) is 11.5 Å². The lowest BCUT2D eigenvalue weighted by Gasteiger charge is -2.09. The van der Waals surface area contributed by atoms with Crippen LogP contribution < -0.4 is 20.7 Å². The molecule has 142 valence electrons. The Morgan fingerprint density at radius 3 is 1.64 bits per heavy atom. The van der Waals surface area contributed by atoms with Crippen molar-refractivity contribution in [1.29, 1.82) is 0 Å². The number of nitrogens with zero attached hydrogens (tertiary/aromatic N) is 2. The molecule has 0 atom stereocenters. The number of hydrogen-bond acceptors (Lipinski definition) is 6. The lowest BCUT2D eigenvalue weighted by Crippen LogP contribution is -2.45. The fourth-order valence-corrected chi connectivity index (χ4v) is 2.56. The molecule has 0 bridgehead atoms. The lowest BCUT2D eigenvalue weighted by atomic mass is 10.2. The van der Waals surface area contributed by atoms with E-state index in [9.17, 15) is 19.2 Å². The molecule has 0 amide bonds. The summed E-state index contributed by atoms with van der Waals surface area (Å²) in [5.74, 6) is -0.453. The smallest absolute Gasteiger partial charge is 0.345 e. The molecule has 3 rings (SSSR count). The number of carbonyl (C=O) groups excluding carboxylic acids is 2. The van der Waals surface area contributed by atoms with Crippen molar-refractivity contribution >= 4 is 11.8 Å². The standard InChI is InChI=1S/C20H16N2O6/c1-27-15-7-3-13(4-8-15)18(24)21-12-11-17(23)22(20(21)26)19(25)14-5-9-16(28-2)10-6-14/h3-12H,1-2H3. The van der Waals surface area contributed by atoms with Gasteiger partial charge in [0.2, 0.25) is 0 Å². The van der Waals surface area contributed by atoms with Crippen molar-refractivity contribution in [1.82, 2.24) is 9.13 Å². The molecule has 0 saturated heterocycles. The van der Waals surface area contributed by atoms with Gasteiger partial charge in [-0.1, -0.05) is 0 Å². The van der Waals surface area contributed by atoms with E-state index in [2.05, 4.69) is 0 Å². The molecule has 0 aliphatic rings. The minimum absolute atomic E-state index is 0.106. The normalized spacial score (nSPS) is 10.4. The first-order valence-corrected chi connectivity index (χ1v) is 8.18. The fourth-order valence-electron chi connectivity index (χ4n) is 2.56. The Balaban J connectivity index is 2.03. The van der Waals surface area contributed by atoms with Crippen molar-refractivity contribution < 1.29 is 19.1 Å². The van der Waals surface area contributed by atoms with Gasteiger partial charge in [-0.15, -0.1) is 0 Å². The van der Waals surface area contributed by atoms with Crippen LogP contribution in [0.4, 0.5) is 0 Å². The Morgan fingerprint density at radius 1 is 0.714 bits per heavy atom. The van der Waals surface area contributed by atoms with Crippen molar-refractivity contribution in [2.24, 2.45) is 0 Å². The molecular formula is C20H16N2O6. The van der Waals surface area contributed by atoms with Crippen LogP contribution in [0.1, 0.15) is 20.7 Å². The molecule has 0 spiro atoms. The van der Waals surface area contributed by atoms with Crippen molar-refractivity contribution in [3.8, 4) is 11.5 Å². The minimum atomic E-state index is -1.05. The molecule has 8 heteroatoms. The van der Waals surface area contributed by atoms with Crippen LogP contribution in [0.2, 0.25) is 0 Å². The van der Waals surface area contributed by atoms with E-state index in [1.54, 1.807) is 12.1 Å². The van der Waals surface area contributed by atoms with Crippen LogP contribution >= 0.6 is 0 Å². The Labute approximate surface area is 159 Å². The molecule has 0 radical (unpaired) electrons. The number of rotatable bonds is 4. The Bertz CT molecular complexity index is 1140. The van der Waals surface area contributed by atoms with Gasteiger partial charge in [0.05, 0.1) is 14.2 Å². The van der Waals surface area contributed by atoms with E-state index in [1.807, 2.05) is 0 Å². The maximum Gasteiger partial charge on any atom is 0.345 e. The topological polar surface area (TPSA) is 96.6 Å². The van der Waals surface area contributed by atoms with E-state index < -0.39 is 23.1 Å². The molecule has 3 aromatic rings. The summed E-state index contributed by atoms with van der Waals surface area (Å²) < 4.78 is 11.2. The van der Waals surface area contributed by atoms with Gasteiger partial charge in [0.25, 0.3) is 17.4 Å². The lowest BCUT2D eigenvalue weighted by molar-refractivity contribution is 0.0931. The van der Waals surface area contributed by atoms with Gasteiger partial charge in [-0.25, -0.2) is 9.36 Å². The molecule has 0 unspecified atom stereocenters. The number of carbonyl (C=O) groups is 2. The number of ether oxygens (including phenoxy) is 2. The van der Waals surface area contributed by atoms with Crippen LogP contribution in [0.15, 0.2) is 70.4 Å². The van der Waals surface area contributed by atoms with Crippen molar-refractivity contribution in [3.05, 3.63) is 92.8 Å². The summed E-state index contributed by atoms with van der Waals surface area (Å²) in [4.78, 5) is 50.2. The maximum atomic E-state index is 12.7. The summed E-state index contributed by atoms with van der Waals surface area (Å²) in [5, 5.41) is 0. The summed E-state index contributed by atoms with van der Waals surface area (Å²) in [6.45, 7) is 0. The van der Waals surface area contributed by atoms with Crippen LogP contribution in [0.3, 0.4) is 0 Å². The van der Waals surface area contributed by atoms with Crippen molar-refractivity contribution in [2.75, 3.05) is 14.2 Å². The molecule has 1 aromatic heterocycles. The number of aromatic nitrogens is 2. The van der Waals surface area contributed by atoms with Crippen molar-refractivity contribution in [3.63, 3.8) is 0 Å². The Kier molecular flexibility index (Phi) is 5.21. The van der Waals surface area contributed by atoms with Gasteiger partial charge in [-0.3, -0.25) is 14.4 Å². The van der Waals surface area contributed by atoms with E-state index in [1.165, 1.54) is 50.6 Å². The third kappa shape index (κ3) is 3.48. The molecule has 2 aromatic carbocycles. The quantitative estimate of drug-likeness (QED) is 0.679. The predicted molar refractivity (Wildman–Crippen MR) is 100 cm³/mol. The highest BCUT2D eigenvalue weighted by molar-refractivity contribution is 5.98. The summed E-state index contributed by atoms with van der Waals surface area (Å²) in [6.07, 6.45) is 1.05. The zero-order valence-corrected chi connectivity index (χ0v) is 15.1. The zero-order chi connectivity index (χ0) is 20.3. The van der Waals surface area contributed by atoms with E-state index in [4.69, 9.17) is 9.47 Å². The highest BCUT2D eigenvalue weighted by Crippen LogP contribution is 2.13. The van der Waals surface area contributed by atoms with Crippen LogP contribution in [0, 0.1) is 0 Å². The van der Waals surface area contributed by atoms with Crippen LogP contribution in [0.25, 0.3) is 0 Å². The average molecular weight is 380 g/mol. The van der Waals surface area contributed by atoms with Gasteiger partial charge in [0.1, 0.15) is 11.5 Å². The third-order valence-electron chi connectivity index (χ3n) is 4.08. The van der Waals surface area contributed by atoms with Gasteiger partial charge >= 0.3 is 5.69 Å². The zero-order valence-electron chi connectivity index (χ0n) is 15.1. The molecule has 0 N–H and O–H groups in total. The highest BCUT2D eigenvalue weighted by Gasteiger charge is 2.19. The first-order chi connectivity index (χ1) is 13.5. The second-order valence-corrected chi connectivity index (χ2v) is 5.71. The van der Waals surface area contributed by atoms with Gasteiger partial charge < -0.3 is 9.47 Å². The summed E-state index contributed by atoms with van der Waals surface area (Å²) in [6, 6.07) is 13.0. The monoisotopic (exact) mass is 380 g/mol. The van der Waals surface area contributed by atoms with Gasteiger partial charge in [0.15, 0.2) is 0 Å². The van der Waals surface area contributed by atoms with Gasteiger partial charge in [-0.2, -0.15) is 4.57 Å². The second-order valence-electron chi connectivity index (χ2n) is 5.71.